The number of piperazine rings is 1. The van der Waals surface area contributed by atoms with E-state index in [4.69, 9.17) is 11.6 Å². The van der Waals surface area contributed by atoms with Crippen LogP contribution in [0.5, 0.6) is 0 Å². The fraction of sp³-hybridized carbons (Fsp3) is 0.296. The highest BCUT2D eigenvalue weighted by atomic mass is 35.5. The zero-order valence-electron chi connectivity index (χ0n) is 19.8. The first-order valence-corrected chi connectivity index (χ1v) is 13.8. The van der Waals surface area contributed by atoms with Crippen molar-refractivity contribution in [3.63, 3.8) is 0 Å². The number of halogens is 1. The Kier molecular flexibility index (Phi) is 7.98. The fourth-order valence-electron chi connectivity index (χ4n) is 4.23. The van der Waals surface area contributed by atoms with Crippen LogP contribution in [0.15, 0.2) is 78.9 Å². The minimum Gasteiger partial charge on any atom is -0.368 e. The van der Waals surface area contributed by atoms with E-state index in [0.717, 1.165) is 24.3 Å². The van der Waals surface area contributed by atoms with Crippen LogP contribution in [-0.4, -0.2) is 51.2 Å². The van der Waals surface area contributed by atoms with Gasteiger partial charge in [0, 0.05) is 42.5 Å². The molecule has 1 saturated heterocycles. The molecule has 3 aromatic rings. The molecule has 0 aromatic heterocycles. The molecule has 0 bridgehead atoms. The maximum Gasteiger partial charge on any atom is 0.253 e. The molecule has 6 nitrogen and oxygen atoms in total. The summed E-state index contributed by atoms with van der Waals surface area (Å²) in [6.07, 6.45) is 0.519. The summed E-state index contributed by atoms with van der Waals surface area (Å²) < 4.78 is 27.5. The topological polar surface area (TPSA) is 60.9 Å². The molecule has 0 radical (unpaired) electrons. The Bertz CT molecular complexity index is 1220. The molecule has 35 heavy (non-hydrogen) atoms. The van der Waals surface area contributed by atoms with Crippen molar-refractivity contribution in [3.05, 3.63) is 95.0 Å². The summed E-state index contributed by atoms with van der Waals surface area (Å²) in [5.74, 6) is 0.0115. The number of hydrogen-bond acceptors (Lipinski definition) is 4. The van der Waals surface area contributed by atoms with Crippen LogP contribution in [0.1, 0.15) is 29.3 Å². The first-order valence-electron chi connectivity index (χ1n) is 11.8. The van der Waals surface area contributed by atoms with Crippen LogP contribution in [-0.2, 0) is 16.6 Å². The number of carbonyl (C=O) groups is 1. The van der Waals surface area contributed by atoms with Crippen molar-refractivity contribution in [2.45, 2.75) is 19.9 Å². The molecule has 184 valence electrons. The third kappa shape index (κ3) is 6.16. The van der Waals surface area contributed by atoms with Crippen LogP contribution in [0, 0.1) is 0 Å². The molecule has 0 atom stereocenters. The maximum atomic E-state index is 13.1. The van der Waals surface area contributed by atoms with Gasteiger partial charge in [0.2, 0.25) is 10.0 Å². The van der Waals surface area contributed by atoms with Gasteiger partial charge in [0.25, 0.3) is 5.91 Å². The van der Waals surface area contributed by atoms with Crippen molar-refractivity contribution in [3.8, 4) is 0 Å². The zero-order chi connectivity index (χ0) is 24.8. The highest BCUT2D eigenvalue weighted by Gasteiger charge is 2.25. The number of para-hydroxylation sites is 1. The fourth-order valence-corrected chi connectivity index (χ4v) is 5.88. The molecule has 1 amide bonds. The predicted molar refractivity (Wildman–Crippen MR) is 143 cm³/mol. The number of nitrogens with zero attached hydrogens (tertiary/aromatic N) is 3. The van der Waals surface area contributed by atoms with Crippen LogP contribution in [0.4, 0.5) is 11.4 Å². The molecule has 8 heteroatoms. The zero-order valence-corrected chi connectivity index (χ0v) is 21.4. The molecule has 0 unspecified atom stereocenters. The molecule has 0 saturated carbocycles. The lowest BCUT2D eigenvalue weighted by Crippen LogP contribution is -2.48. The summed E-state index contributed by atoms with van der Waals surface area (Å²) in [6, 6.07) is 24.2. The number of benzene rings is 3. The van der Waals surface area contributed by atoms with Crippen molar-refractivity contribution in [1.29, 1.82) is 0 Å². The third-order valence-electron chi connectivity index (χ3n) is 6.13. The maximum absolute atomic E-state index is 13.1. The van der Waals surface area contributed by atoms with E-state index in [9.17, 15) is 13.2 Å². The molecule has 0 N–H and O–H groups in total. The minimum absolute atomic E-state index is 0.0371. The predicted octanol–water partition coefficient (Wildman–Crippen LogP) is 5.05. The quantitative estimate of drug-likeness (QED) is 0.424. The van der Waals surface area contributed by atoms with Crippen molar-refractivity contribution >= 4 is 38.9 Å². The van der Waals surface area contributed by atoms with Crippen LogP contribution in [0.25, 0.3) is 0 Å². The van der Waals surface area contributed by atoms with E-state index in [1.54, 1.807) is 36.4 Å². The Balaban J connectivity index is 1.47. The van der Waals surface area contributed by atoms with Gasteiger partial charge in [0.1, 0.15) is 0 Å². The monoisotopic (exact) mass is 511 g/mol. The number of hydrogen-bond donors (Lipinski definition) is 0. The largest absolute Gasteiger partial charge is 0.368 e. The molecule has 0 spiro atoms. The van der Waals surface area contributed by atoms with Crippen molar-refractivity contribution < 1.29 is 13.2 Å². The second-order valence-corrected chi connectivity index (χ2v) is 11.1. The summed E-state index contributed by atoms with van der Waals surface area (Å²) in [5.41, 5.74) is 3.10. The van der Waals surface area contributed by atoms with E-state index in [1.807, 2.05) is 42.2 Å². The Labute approximate surface area is 212 Å². The Morgan fingerprint density at radius 2 is 1.51 bits per heavy atom. The first kappa shape index (κ1) is 25.1. The van der Waals surface area contributed by atoms with E-state index in [-0.39, 0.29) is 18.2 Å². The Morgan fingerprint density at radius 1 is 0.886 bits per heavy atom. The van der Waals surface area contributed by atoms with Crippen molar-refractivity contribution in [2.24, 2.45) is 0 Å². The summed E-state index contributed by atoms with van der Waals surface area (Å²) in [6.45, 7) is 4.88. The molecular weight excluding hydrogens is 482 g/mol. The van der Waals surface area contributed by atoms with E-state index in [2.05, 4.69) is 17.0 Å². The lowest BCUT2D eigenvalue weighted by molar-refractivity contribution is 0.0747. The highest BCUT2D eigenvalue weighted by molar-refractivity contribution is 7.92. The SMILES string of the molecule is CCCS(=O)(=O)N(Cc1ccc(Cl)cc1)c1ccc(C(=O)N2CCN(c3ccccc3)CC2)cc1. The second kappa shape index (κ2) is 11.1. The van der Waals surface area contributed by atoms with E-state index in [1.165, 1.54) is 4.31 Å². The van der Waals surface area contributed by atoms with Crippen LogP contribution in [0.3, 0.4) is 0 Å². The highest BCUT2D eigenvalue weighted by Crippen LogP contribution is 2.24. The lowest BCUT2D eigenvalue weighted by Gasteiger charge is -2.36. The number of rotatable bonds is 8. The number of sulfonamides is 1. The van der Waals surface area contributed by atoms with Crippen molar-refractivity contribution in [1.82, 2.24) is 4.90 Å². The normalized spacial score (nSPS) is 14.1. The van der Waals surface area contributed by atoms with Gasteiger partial charge >= 0.3 is 0 Å². The molecule has 1 aliphatic heterocycles. The lowest BCUT2D eigenvalue weighted by atomic mass is 10.1. The standard InChI is InChI=1S/C27H30ClN3O3S/c1-2-20-35(33,34)31(21-22-8-12-24(28)13-9-22)26-14-10-23(11-15-26)27(32)30-18-16-29(17-19-30)25-6-4-3-5-7-25/h3-15H,2,16-21H2,1H3. The molecule has 1 fully saturated rings. The number of anilines is 2. The van der Waals surface area contributed by atoms with Gasteiger partial charge in [-0.25, -0.2) is 8.42 Å². The average Bonchev–Trinajstić information content (AvgIpc) is 2.88. The van der Waals surface area contributed by atoms with Crippen LogP contribution < -0.4 is 9.21 Å². The minimum atomic E-state index is -3.52. The summed E-state index contributed by atoms with van der Waals surface area (Å²) in [4.78, 5) is 17.2. The average molecular weight is 512 g/mol. The van der Waals surface area contributed by atoms with Gasteiger partial charge in [0.15, 0.2) is 0 Å². The number of carbonyl (C=O) groups excluding carboxylic acids is 1. The summed E-state index contributed by atoms with van der Waals surface area (Å²) >= 11 is 5.98. The van der Waals surface area contributed by atoms with E-state index in [0.29, 0.717) is 35.8 Å². The molecule has 0 aliphatic carbocycles. The molecule has 1 aliphatic rings. The van der Waals surface area contributed by atoms with Gasteiger partial charge in [-0.3, -0.25) is 9.10 Å². The second-order valence-electron chi connectivity index (χ2n) is 8.61. The molecule has 1 heterocycles. The Hall–Kier alpha value is -3.03. The van der Waals surface area contributed by atoms with Gasteiger partial charge < -0.3 is 9.80 Å². The summed E-state index contributed by atoms with van der Waals surface area (Å²) in [5, 5.41) is 0.601. The molecule has 3 aromatic carbocycles. The van der Waals surface area contributed by atoms with Gasteiger partial charge in [-0.05, 0) is 60.5 Å². The molecule has 4 rings (SSSR count). The van der Waals surface area contributed by atoms with Gasteiger partial charge in [-0.15, -0.1) is 0 Å². The van der Waals surface area contributed by atoms with Gasteiger partial charge in [0.05, 0.1) is 18.0 Å². The summed E-state index contributed by atoms with van der Waals surface area (Å²) in [7, 11) is -3.52. The van der Waals surface area contributed by atoms with Crippen LogP contribution in [0.2, 0.25) is 5.02 Å². The smallest absolute Gasteiger partial charge is 0.253 e. The number of amides is 1. The van der Waals surface area contributed by atoms with Crippen LogP contribution >= 0.6 is 11.6 Å². The van der Waals surface area contributed by atoms with Gasteiger partial charge in [-0.2, -0.15) is 0 Å². The molecular formula is C27H30ClN3O3S. The first-order chi connectivity index (χ1) is 16.9. The van der Waals surface area contributed by atoms with E-state index >= 15 is 0 Å². The van der Waals surface area contributed by atoms with E-state index < -0.39 is 10.0 Å². The Morgan fingerprint density at radius 3 is 2.11 bits per heavy atom. The third-order valence-corrected chi connectivity index (χ3v) is 8.32. The van der Waals surface area contributed by atoms with Gasteiger partial charge in [-0.1, -0.05) is 48.9 Å². The van der Waals surface area contributed by atoms with Crippen molar-refractivity contribution in [2.75, 3.05) is 41.1 Å².